The molecule has 1 aliphatic rings. The van der Waals surface area contributed by atoms with Crippen LogP contribution >= 0.6 is 0 Å². The van der Waals surface area contributed by atoms with Crippen molar-refractivity contribution < 1.29 is 30.6 Å². The van der Waals surface area contributed by atoms with Crippen LogP contribution in [0.25, 0.3) is 11.2 Å². The van der Waals surface area contributed by atoms with E-state index in [1.807, 2.05) is 0 Å². The molecule has 27 heavy (non-hydrogen) atoms. The summed E-state index contributed by atoms with van der Waals surface area (Å²) >= 11 is 0. The number of nitrogens with one attached hydrogen (secondary N) is 1. The number of hydrogen-bond acceptors (Lipinski definition) is 9. The molecule has 0 saturated carbocycles. The summed E-state index contributed by atoms with van der Waals surface area (Å²) in [5.41, 5.74) is -0.282. The van der Waals surface area contributed by atoms with Gasteiger partial charge in [0.15, 0.2) is 23.2 Å². The van der Waals surface area contributed by atoms with Crippen LogP contribution < -0.4 is 5.32 Å². The molecule has 10 nitrogen and oxygen atoms in total. The maximum absolute atomic E-state index is 10.3. The molecule has 1 fully saturated rings. The molecule has 0 aliphatic carbocycles. The summed E-state index contributed by atoms with van der Waals surface area (Å²) in [6.45, 7) is -2.90. The average molecular weight is 377 g/mol. The summed E-state index contributed by atoms with van der Waals surface area (Å²) in [5.74, 6) is -0.517. The van der Waals surface area contributed by atoms with Crippen LogP contribution in [0, 0.1) is 0 Å². The van der Waals surface area contributed by atoms with E-state index in [1.54, 1.807) is 6.07 Å². The Morgan fingerprint density at radius 1 is 1.22 bits per heavy atom. The molecule has 3 aromatic rings. The minimum Gasteiger partial charge on any atom is -0.508 e. The lowest BCUT2D eigenvalue weighted by atomic mass is 10.1. The zero-order chi connectivity index (χ0) is 22.5. The molecule has 10 heteroatoms. The molecule has 1 saturated heterocycles. The Morgan fingerprint density at radius 3 is 2.78 bits per heavy atom. The van der Waals surface area contributed by atoms with E-state index in [2.05, 4.69) is 20.3 Å². The van der Waals surface area contributed by atoms with Crippen LogP contribution in [0.5, 0.6) is 5.75 Å². The second kappa shape index (κ2) is 7.08. The number of hydrogen-bond donors (Lipinski definition) is 5. The molecule has 0 bridgehead atoms. The standard InChI is InChI=1S/C17H19N5O5/c23-6-11-13(25)14(26)17(27-11)22-8-21-12-15(19-7-20-16(12)22)18-5-9-3-1-2-4-10(9)24/h1-4,7-8,11,13-14,17,23-26H,5-6H2,(H,18,19,20)/t11-,13-,14-,17-/m1/s1/i5D2,7D,8D. The Kier molecular flexibility index (Phi) is 3.51. The lowest BCUT2D eigenvalue weighted by Crippen LogP contribution is -2.33. The Morgan fingerprint density at radius 2 is 2.04 bits per heavy atom. The Labute approximate surface area is 159 Å². The first-order valence-corrected chi connectivity index (χ1v) is 8.06. The predicted molar refractivity (Wildman–Crippen MR) is 93.8 cm³/mol. The molecule has 2 aromatic heterocycles. The Hall–Kier alpha value is -2.79. The van der Waals surface area contributed by atoms with E-state index in [0.717, 1.165) is 4.57 Å². The van der Waals surface area contributed by atoms with E-state index >= 15 is 0 Å². The number of phenolic OH excluding ortho intramolecular Hbond substituents is 1. The van der Waals surface area contributed by atoms with Gasteiger partial charge in [-0.15, -0.1) is 0 Å². The van der Waals surface area contributed by atoms with Crippen LogP contribution in [0.3, 0.4) is 0 Å². The average Bonchev–Trinajstić information content (AvgIpc) is 3.18. The SMILES string of the molecule is [2H]c1nc(NC([2H])([2H])c2ccccc2O)c2nc([2H])n([C@@H]3O[C@H](CO)[C@@H](O)[C@H]3O)c2n1. The van der Waals surface area contributed by atoms with Gasteiger partial charge in [-0.3, -0.25) is 4.57 Å². The van der Waals surface area contributed by atoms with Gasteiger partial charge >= 0.3 is 0 Å². The Bertz CT molecular complexity index is 1130. The third-order valence-electron chi connectivity index (χ3n) is 4.24. The van der Waals surface area contributed by atoms with Crippen LogP contribution in [0.4, 0.5) is 5.82 Å². The summed E-state index contributed by atoms with van der Waals surface area (Å²) < 4.78 is 39.1. The number of aliphatic hydroxyl groups excluding tert-OH is 3. The number of imidazole rings is 1. The molecule has 3 heterocycles. The highest BCUT2D eigenvalue weighted by atomic mass is 16.6. The largest absolute Gasteiger partial charge is 0.508 e. The fourth-order valence-electron chi connectivity index (χ4n) is 2.82. The Balaban J connectivity index is 1.79. The third-order valence-corrected chi connectivity index (χ3v) is 4.24. The van der Waals surface area contributed by atoms with E-state index in [4.69, 9.17) is 10.2 Å². The van der Waals surface area contributed by atoms with Gasteiger partial charge in [-0.1, -0.05) is 18.2 Å². The first kappa shape index (κ1) is 13.4. The highest BCUT2D eigenvalue weighted by Crippen LogP contribution is 2.32. The molecule has 4 atom stereocenters. The number of ether oxygens (including phenoxy) is 1. The number of anilines is 1. The van der Waals surface area contributed by atoms with Crippen LogP contribution in [0.15, 0.2) is 36.9 Å². The number of aromatic hydroxyl groups is 1. The van der Waals surface area contributed by atoms with E-state index in [0.29, 0.717) is 0 Å². The quantitative estimate of drug-likeness (QED) is 0.406. The predicted octanol–water partition coefficient (Wildman–Crippen LogP) is -0.245. The number of benzene rings is 1. The van der Waals surface area contributed by atoms with Crippen molar-refractivity contribution in [3.63, 3.8) is 0 Å². The maximum Gasteiger partial charge on any atom is 0.167 e. The number of fused-ring (bicyclic) bond motifs is 1. The molecule has 0 spiro atoms. The number of aromatic nitrogens is 4. The topological polar surface area (TPSA) is 146 Å². The van der Waals surface area contributed by atoms with Crippen LogP contribution in [0.2, 0.25) is 0 Å². The van der Waals surface area contributed by atoms with Crippen molar-refractivity contribution in [1.82, 2.24) is 19.5 Å². The van der Waals surface area contributed by atoms with E-state index in [9.17, 15) is 20.4 Å². The van der Waals surface area contributed by atoms with Gasteiger partial charge in [-0.25, -0.2) is 15.0 Å². The van der Waals surface area contributed by atoms with Gasteiger partial charge in [0, 0.05) is 12.1 Å². The highest BCUT2D eigenvalue weighted by Gasteiger charge is 2.44. The molecule has 1 aliphatic heterocycles. The fourth-order valence-corrected chi connectivity index (χ4v) is 2.82. The lowest BCUT2D eigenvalue weighted by Gasteiger charge is -2.16. The second-order valence-electron chi connectivity index (χ2n) is 5.92. The molecular weight excluding hydrogens is 354 g/mol. The van der Waals surface area contributed by atoms with Crippen molar-refractivity contribution in [2.24, 2.45) is 0 Å². The minimum atomic E-state index is -2.33. The van der Waals surface area contributed by atoms with Crippen molar-refractivity contribution in [2.45, 2.75) is 31.0 Å². The molecule has 1 aromatic carbocycles. The smallest absolute Gasteiger partial charge is 0.167 e. The van der Waals surface area contributed by atoms with Crippen molar-refractivity contribution in [1.29, 1.82) is 0 Å². The third kappa shape index (κ3) is 3.08. The summed E-state index contributed by atoms with van der Waals surface area (Å²) in [6.07, 6.45) is -6.32. The number of phenols is 1. The fraction of sp³-hybridized carbons (Fsp3) is 0.353. The first-order chi connectivity index (χ1) is 14.6. The summed E-state index contributed by atoms with van der Waals surface area (Å²) in [6, 6.07) is 5.77. The van der Waals surface area contributed by atoms with Crippen LogP contribution in [-0.4, -0.2) is 64.9 Å². The molecule has 4 rings (SSSR count). The molecule has 5 N–H and O–H groups in total. The molecule has 142 valence electrons. The molecule has 0 unspecified atom stereocenters. The van der Waals surface area contributed by atoms with Crippen molar-refractivity contribution in [3.8, 4) is 5.75 Å². The lowest BCUT2D eigenvalue weighted by molar-refractivity contribution is -0.0511. The summed E-state index contributed by atoms with van der Waals surface area (Å²) in [7, 11) is 0. The minimum absolute atomic E-state index is 0.0812. The highest BCUT2D eigenvalue weighted by molar-refractivity contribution is 5.82. The molecule has 0 radical (unpaired) electrons. The van der Waals surface area contributed by atoms with Gasteiger partial charge < -0.3 is 30.5 Å². The van der Waals surface area contributed by atoms with E-state index in [1.165, 1.54) is 18.2 Å². The molecule has 0 amide bonds. The summed E-state index contributed by atoms with van der Waals surface area (Å²) in [4.78, 5) is 11.8. The number of aliphatic hydroxyl groups is 3. The van der Waals surface area contributed by atoms with E-state index < -0.39 is 50.3 Å². The first-order valence-electron chi connectivity index (χ1n) is 10.1. The maximum atomic E-state index is 10.3. The van der Waals surface area contributed by atoms with Crippen molar-refractivity contribution in [2.75, 3.05) is 11.9 Å². The van der Waals surface area contributed by atoms with Crippen molar-refractivity contribution >= 4 is 17.0 Å². The van der Waals surface area contributed by atoms with Gasteiger partial charge in [0.25, 0.3) is 0 Å². The monoisotopic (exact) mass is 377 g/mol. The zero-order valence-corrected chi connectivity index (χ0v) is 13.8. The second-order valence-corrected chi connectivity index (χ2v) is 5.92. The van der Waals surface area contributed by atoms with Gasteiger partial charge in [0.1, 0.15) is 33.1 Å². The van der Waals surface area contributed by atoms with Crippen molar-refractivity contribution in [3.05, 3.63) is 42.4 Å². The molecular formula is C17H19N5O5. The van der Waals surface area contributed by atoms with Gasteiger partial charge in [0.05, 0.1) is 15.7 Å². The number of para-hydroxylation sites is 1. The zero-order valence-electron chi connectivity index (χ0n) is 17.8. The van der Waals surface area contributed by atoms with Gasteiger partial charge in [0.2, 0.25) is 0 Å². The summed E-state index contributed by atoms with van der Waals surface area (Å²) in [5, 5.41) is 42.1. The van der Waals surface area contributed by atoms with Gasteiger partial charge in [-0.05, 0) is 6.07 Å². The van der Waals surface area contributed by atoms with Crippen LogP contribution in [0.1, 0.15) is 17.3 Å². The number of nitrogens with zero attached hydrogens (tertiary/aromatic N) is 4. The van der Waals surface area contributed by atoms with Gasteiger partial charge in [-0.2, -0.15) is 0 Å². The van der Waals surface area contributed by atoms with E-state index in [-0.39, 0.29) is 28.3 Å². The number of rotatable bonds is 5. The normalized spacial score (nSPS) is 27.8. The van der Waals surface area contributed by atoms with Crippen LogP contribution in [-0.2, 0) is 11.2 Å².